The highest BCUT2D eigenvalue weighted by atomic mass is 35.5. The summed E-state index contributed by atoms with van der Waals surface area (Å²) in [4.78, 5) is 10.9. The summed E-state index contributed by atoms with van der Waals surface area (Å²) < 4.78 is 16.4. The van der Waals surface area contributed by atoms with Crippen LogP contribution in [0.5, 0.6) is 17.2 Å². The molecule has 0 radical (unpaired) electrons. The van der Waals surface area contributed by atoms with Gasteiger partial charge in [-0.2, -0.15) is 0 Å². The van der Waals surface area contributed by atoms with E-state index in [2.05, 4.69) is 11.4 Å². The Kier molecular flexibility index (Phi) is 5.85. The molecule has 0 aliphatic carbocycles. The Morgan fingerprint density at radius 3 is 2.96 bits per heavy atom. The van der Waals surface area contributed by atoms with Crippen LogP contribution in [-0.4, -0.2) is 26.2 Å². The van der Waals surface area contributed by atoms with Crippen LogP contribution in [-0.2, 0) is 11.3 Å². The summed E-state index contributed by atoms with van der Waals surface area (Å²) in [7, 11) is 1.52. The number of hydrogen-bond donors (Lipinski definition) is 2. The van der Waals surface area contributed by atoms with E-state index in [1.807, 2.05) is 24.3 Å². The molecule has 0 saturated heterocycles. The SMILES string of the molecule is COc1cc(CNC2CCOc3ccccc32)cc(Cl)c1OCC(N)=O. The van der Waals surface area contributed by atoms with Crippen LogP contribution in [0.2, 0.25) is 5.02 Å². The molecule has 1 aliphatic heterocycles. The van der Waals surface area contributed by atoms with Gasteiger partial charge in [-0.15, -0.1) is 0 Å². The number of methoxy groups -OCH3 is 1. The van der Waals surface area contributed by atoms with E-state index in [4.69, 9.17) is 31.5 Å². The molecule has 3 rings (SSSR count). The molecule has 6 nitrogen and oxygen atoms in total. The number of ether oxygens (including phenoxy) is 3. The number of halogens is 1. The van der Waals surface area contributed by atoms with Crippen molar-refractivity contribution < 1.29 is 19.0 Å². The first-order chi connectivity index (χ1) is 12.6. The van der Waals surface area contributed by atoms with Crippen LogP contribution < -0.4 is 25.3 Å². The lowest BCUT2D eigenvalue weighted by molar-refractivity contribution is -0.119. The Morgan fingerprint density at radius 1 is 1.38 bits per heavy atom. The molecule has 2 aromatic rings. The van der Waals surface area contributed by atoms with Crippen molar-refractivity contribution in [2.45, 2.75) is 19.0 Å². The van der Waals surface area contributed by atoms with Gasteiger partial charge in [0.15, 0.2) is 18.1 Å². The third-order valence-electron chi connectivity index (χ3n) is 4.16. The molecule has 0 aromatic heterocycles. The average Bonchev–Trinajstić information content (AvgIpc) is 2.64. The van der Waals surface area contributed by atoms with Gasteiger partial charge in [-0.25, -0.2) is 0 Å². The summed E-state index contributed by atoms with van der Waals surface area (Å²) in [6.07, 6.45) is 0.891. The van der Waals surface area contributed by atoms with Gasteiger partial charge in [-0.05, 0) is 23.8 Å². The summed E-state index contributed by atoms with van der Waals surface area (Å²) in [5, 5.41) is 3.90. The second kappa shape index (κ2) is 8.29. The first-order valence-corrected chi connectivity index (χ1v) is 8.69. The van der Waals surface area contributed by atoms with Crippen molar-refractivity contribution in [2.24, 2.45) is 5.73 Å². The topological polar surface area (TPSA) is 82.8 Å². The van der Waals surface area contributed by atoms with Crippen LogP contribution in [0.1, 0.15) is 23.6 Å². The normalized spacial score (nSPS) is 15.7. The molecular formula is C19H21ClN2O4. The quantitative estimate of drug-likeness (QED) is 0.776. The van der Waals surface area contributed by atoms with Crippen molar-refractivity contribution in [3.05, 3.63) is 52.5 Å². The Morgan fingerprint density at radius 2 is 2.19 bits per heavy atom. The van der Waals surface area contributed by atoms with Gasteiger partial charge in [0.2, 0.25) is 0 Å². The summed E-state index contributed by atoms with van der Waals surface area (Å²) in [5.41, 5.74) is 7.21. The van der Waals surface area contributed by atoms with Crippen LogP contribution in [0.3, 0.4) is 0 Å². The predicted molar refractivity (Wildman–Crippen MR) is 98.8 cm³/mol. The molecular weight excluding hydrogens is 356 g/mol. The third kappa shape index (κ3) is 4.20. The molecule has 0 spiro atoms. The number of hydrogen-bond acceptors (Lipinski definition) is 5. The lowest BCUT2D eigenvalue weighted by Crippen LogP contribution is -2.26. The van der Waals surface area contributed by atoms with Gasteiger partial charge in [-0.3, -0.25) is 4.79 Å². The van der Waals surface area contributed by atoms with E-state index in [9.17, 15) is 4.79 Å². The number of carbonyl (C=O) groups excluding carboxylic acids is 1. The average molecular weight is 377 g/mol. The number of benzene rings is 2. The Bertz CT molecular complexity index is 797. The second-order valence-electron chi connectivity index (χ2n) is 5.97. The van der Waals surface area contributed by atoms with E-state index in [1.54, 1.807) is 6.07 Å². The number of nitrogens with two attached hydrogens (primary N) is 1. The molecule has 0 bridgehead atoms. The number of amides is 1. The lowest BCUT2D eigenvalue weighted by Gasteiger charge is -2.27. The number of rotatable bonds is 7. The van der Waals surface area contributed by atoms with E-state index in [-0.39, 0.29) is 12.6 Å². The summed E-state index contributed by atoms with van der Waals surface area (Å²) >= 11 is 6.29. The number of fused-ring (bicyclic) bond motifs is 1. The first kappa shape index (κ1) is 18.4. The minimum atomic E-state index is -0.577. The van der Waals surface area contributed by atoms with Gasteiger partial charge in [0.1, 0.15) is 5.75 Å². The molecule has 26 heavy (non-hydrogen) atoms. The molecule has 1 unspecified atom stereocenters. The van der Waals surface area contributed by atoms with Gasteiger partial charge in [0.05, 0.1) is 18.7 Å². The summed E-state index contributed by atoms with van der Waals surface area (Å²) in [6.45, 7) is 1.02. The fourth-order valence-corrected chi connectivity index (χ4v) is 3.24. The number of nitrogens with one attached hydrogen (secondary N) is 1. The minimum absolute atomic E-state index is 0.204. The standard InChI is InChI=1S/C19H21ClN2O4/c1-24-17-9-12(8-14(20)19(17)26-11-18(21)23)10-22-15-6-7-25-16-5-3-2-4-13(15)16/h2-5,8-9,15,22H,6-7,10-11H2,1H3,(H2,21,23). The number of para-hydroxylation sites is 1. The highest BCUT2D eigenvalue weighted by Crippen LogP contribution is 2.37. The zero-order valence-electron chi connectivity index (χ0n) is 14.5. The van der Waals surface area contributed by atoms with E-state index >= 15 is 0 Å². The van der Waals surface area contributed by atoms with Gasteiger partial charge in [0, 0.05) is 24.6 Å². The molecule has 0 saturated carbocycles. The van der Waals surface area contributed by atoms with Gasteiger partial charge < -0.3 is 25.3 Å². The fourth-order valence-electron chi connectivity index (χ4n) is 2.95. The van der Waals surface area contributed by atoms with Gasteiger partial charge in [-0.1, -0.05) is 29.8 Å². The molecule has 0 fully saturated rings. The van der Waals surface area contributed by atoms with E-state index in [0.717, 1.165) is 23.3 Å². The number of carbonyl (C=O) groups is 1. The molecule has 2 aromatic carbocycles. The summed E-state index contributed by atoms with van der Waals surface area (Å²) in [5.74, 6) is 1.12. The van der Waals surface area contributed by atoms with Gasteiger partial charge >= 0.3 is 0 Å². The van der Waals surface area contributed by atoms with E-state index in [0.29, 0.717) is 29.7 Å². The van der Waals surface area contributed by atoms with Crippen LogP contribution in [0.15, 0.2) is 36.4 Å². The van der Waals surface area contributed by atoms with Crippen LogP contribution in [0.4, 0.5) is 0 Å². The fraction of sp³-hybridized carbons (Fsp3) is 0.316. The molecule has 138 valence electrons. The zero-order valence-corrected chi connectivity index (χ0v) is 15.2. The van der Waals surface area contributed by atoms with Crippen molar-refractivity contribution in [1.82, 2.24) is 5.32 Å². The van der Waals surface area contributed by atoms with Crippen molar-refractivity contribution in [1.29, 1.82) is 0 Å². The maximum Gasteiger partial charge on any atom is 0.255 e. The first-order valence-electron chi connectivity index (χ1n) is 8.31. The molecule has 3 N–H and O–H groups in total. The Labute approximate surface area is 157 Å². The van der Waals surface area contributed by atoms with E-state index < -0.39 is 5.91 Å². The highest BCUT2D eigenvalue weighted by Gasteiger charge is 2.21. The largest absolute Gasteiger partial charge is 0.493 e. The molecule has 1 aliphatic rings. The smallest absolute Gasteiger partial charge is 0.255 e. The second-order valence-corrected chi connectivity index (χ2v) is 6.38. The molecule has 1 amide bonds. The minimum Gasteiger partial charge on any atom is -0.493 e. The summed E-state index contributed by atoms with van der Waals surface area (Å²) in [6, 6.07) is 11.9. The predicted octanol–water partition coefficient (Wildman–Crippen LogP) is 2.83. The Hall–Kier alpha value is -2.44. The van der Waals surface area contributed by atoms with Gasteiger partial charge in [0.25, 0.3) is 5.91 Å². The maximum absolute atomic E-state index is 10.9. The van der Waals surface area contributed by atoms with Crippen molar-refractivity contribution in [2.75, 3.05) is 20.3 Å². The van der Waals surface area contributed by atoms with E-state index in [1.165, 1.54) is 7.11 Å². The van der Waals surface area contributed by atoms with Crippen LogP contribution >= 0.6 is 11.6 Å². The molecule has 1 atom stereocenters. The lowest BCUT2D eigenvalue weighted by atomic mass is 10.0. The zero-order chi connectivity index (χ0) is 18.5. The van der Waals surface area contributed by atoms with Crippen molar-refractivity contribution in [3.8, 4) is 17.2 Å². The Balaban J connectivity index is 1.73. The highest BCUT2D eigenvalue weighted by molar-refractivity contribution is 6.32. The van der Waals surface area contributed by atoms with Crippen molar-refractivity contribution in [3.63, 3.8) is 0 Å². The van der Waals surface area contributed by atoms with Crippen LogP contribution in [0.25, 0.3) is 0 Å². The van der Waals surface area contributed by atoms with Crippen molar-refractivity contribution >= 4 is 17.5 Å². The third-order valence-corrected chi connectivity index (χ3v) is 4.44. The monoisotopic (exact) mass is 376 g/mol. The molecule has 1 heterocycles. The maximum atomic E-state index is 10.9. The van der Waals surface area contributed by atoms with Crippen LogP contribution in [0, 0.1) is 0 Å². The molecule has 7 heteroatoms. The number of primary amides is 1.